The van der Waals surface area contributed by atoms with Gasteiger partial charge in [0.05, 0.1) is 9.82 Å². The molecule has 1 saturated heterocycles. The summed E-state index contributed by atoms with van der Waals surface area (Å²) in [6.45, 7) is 1.21. The van der Waals surface area contributed by atoms with Crippen molar-refractivity contribution in [2.75, 3.05) is 24.2 Å². The van der Waals surface area contributed by atoms with Crippen LogP contribution in [0.4, 0.5) is 11.4 Å². The Balaban J connectivity index is 1.69. The molecule has 0 radical (unpaired) electrons. The highest BCUT2D eigenvalue weighted by Crippen LogP contribution is 2.35. The van der Waals surface area contributed by atoms with Crippen molar-refractivity contribution in [1.82, 2.24) is 14.6 Å². The van der Waals surface area contributed by atoms with Crippen LogP contribution in [0.5, 0.6) is 0 Å². The Hall–Kier alpha value is -3.01. The summed E-state index contributed by atoms with van der Waals surface area (Å²) >= 11 is 0. The van der Waals surface area contributed by atoms with Gasteiger partial charge in [-0.2, -0.15) is 0 Å². The smallest absolute Gasteiger partial charge is 0.293 e. The zero-order valence-corrected chi connectivity index (χ0v) is 16.0. The van der Waals surface area contributed by atoms with Crippen molar-refractivity contribution >= 4 is 26.9 Å². The number of sulfone groups is 1. The highest BCUT2D eigenvalue weighted by Gasteiger charge is 2.29. The Bertz CT molecular complexity index is 1160. The fourth-order valence-electron chi connectivity index (χ4n) is 3.69. The average Bonchev–Trinajstić information content (AvgIpc) is 3.11. The number of pyridine rings is 1. The Labute approximate surface area is 161 Å². The number of rotatable bonds is 4. The van der Waals surface area contributed by atoms with E-state index in [4.69, 9.17) is 0 Å². The third-order valence-electron chi connectivity index (χ3n) is 5.04. The first-order chi connectivity index (χ1) is 13.3. The maximum absolute atomic E-state index is 11.8. The van der Waals surface area contributed by atoms with E-state index in [1.54, 1.807) is 0 Å². The molecular weight excluding hydrogens is 382 g/mol. The van der Waals surface area contributed by atoms with Gasteiger partial charge in [-0.15, -0.1) is 10.2 Å². The van der Waals surface area contributed by atoms with Crippen LogP contribution < -0.4 is 4.90 Å². The molecule has 0 unspecified atom stereocenters. The first-order valence-corrected chi connectivity index (χ1v) is 10.8. The van der Waals surface area contributed by atoms with Crippen LogP contribution in [0.15, 0.2) is 47.5 Å². The van der Waals surface area contributed by atoms with E-state index in [-0.39, 0.29) is 16.5 Å². The van der Waals surface area contributed by atoms with Gasteiger partial charge in [0.2, 0.25) is 0 Å². The van der Waals surface area contributed by atoms with Gasteiger partial charge >= 0.3 is 0 Å². The first kappa shape index (κ1) is 18.4. The zero-order chi connectivity index (χ0) is 19.9. The van der Waals surface area contributed by atoms with Gasteiger partial charge in [-0.1, -0.05) is 6.07 Å². The number of nitro groups is 1. The number of nitro benzene ring substituents is 1. The van der Waals surface area contributed by atoms with Crippen LogP contribution in [-0.2, 0) is 9.84 Å². The van der Waals surface area contributed by atoms with Gasteiger partial charge < -0.3 is 4.90 Å². The van der Waals surface area contributed by atoms with E-state index in [1.165, 1.54) is 12.1 Å². The predicted octanol–water partition coefficient (Wildman–Crippen LogP) is 2.43. The van der Waals surface area contributed by atoms with E-state index in [9.17, 15) is 18.5 Å². The predicted molar refractivity (Wildman–Crippen MR) is 103 cm³/mol. The Morgan fingerprint density at radius 3 is 2.79 bits per heavy atom. The lowest BCUT2D eigenvalue weighted by Gasteiger charge is -2.33. The lowest BCUT2D eigenvalue weighted by Crippen LogP contribution is -2.35. The van der Waals surface area contributed by atoms with Crippen LogP contribution >= 0.6 is 0 Å². The van der Waals surface area contributed by atoms with Crippen LogP contribution in [0, 0.1) is 10.1 Å². The van der Waals surface area contributed by atoms with E-state index >= 15 is 0 Å². The molecule has 1 aliphatic rings. The van der Waals surface area contributed by atoms with Crippen molar-refractivity contribution in [2.24, 2.45) is 0 Å². The molecule has 1 aliphatic heterocycles. The third kappa shape index (κ3) is 3.31. The van der Waals surface area contributed by atoms with Gasteiger partial charge in [0.25, 0.3) is 5.69 Å². The minimum Gasteiger partial charge on any atom is -0.365 e. The number of hydrogen-bond donors (Lipinski definition) is 0. The number of piperidine rings is 1. The minimum absolute atomic E-state index is 0.0556. The van der Waals surface area contributed by atoms with Crippen molar-refractivity contribution in [3.05, 3.63) is 58.5 Å². The van der Waals surface area contributed by atoms with Crippen molar-refractivity contribution in [3.63, 3.8) is 0 Å². The SMILES string of the molecule is CS(=O)(=O)c1ccc(N2CCC[C@@H](c3nnc4ccccn34)C2)c([N+](=O)[O-])c1. The molecule has 4 rings (SSSR count). The molecule has 1 aromatic carbocycles. The number of fused-ring (bicyclic) bond motifs is 1. The number of anilines is 1. The minimum atomic E-state index is -3.52. The second kappa shape index (κ2) is 6.86. The molecule has 0 bridgehead atoms. The molecule has 0 aliphatic carbocycles. The van der Waals surface area contributed by atoms with Crippen LogP contribution in [0.25, 0.3) is 5.65 Å². The lowest BCUT2D eigenvalue weighted by molar-refractivity contribution is -0.384. The molecule has 2 aromatic heterocycles. The van der Waals surface area contributed by atoms with E-state index in [0.717, 1.165) is 36.6 Å². The van der Waals surface area contributed by atoms with Crippen LogP contribution in [0.3, 0.4) is 0 Å². The molecule has 3 heterocycles. The summed E-state index contributed by atoms with van der Waals surface area (Å²) in [5.74, 6) is 0.899. The van der Waals surface area contributed by atoms with Crippen LogP contribution in [0.1, 0.15) is 24.6 Å². The van der Waals surface area contributed by atoms with Gasteiger partial charge in [0, 0.05) is 37.5 Å². The molecule has 10 heteroatoms. The summed E-state index contributed by atoms with van der Waals surface area (Å²) in [5, 5.41) is 20.1. The number of aromatic nitrogens is 3. The molecule has 3 aromatic rings. The van der Waals surface area contributed by atoms with E-state index in [2.05, 4.69) is 10.2 Å². The van der Waals surface area contributed by atoms with Gasteiger partial charge in [-0.3, -0.25) is 14.5 Å². The molecule has 9 nitrogen and oxygen atoms in total. The van der Waals surface area contributed by atoms with E-state index in [0.29, 0.717) is 18.8 Å². The zero-order valence-electron chi connectivity index (χ0n) is 15.2. The largest absolute Gasteiger partial charge is 0.365 e. The Kier molecular flexibility index (Phi) is 4.50. The normalized spacial score (nSPS) is 17.8. The Morgan fingerprint density at radius 2 is 2.04 bits per heavy atom. The molecular formula is C18H19N5O4S. The summed E-state index contributed by atoms with van der Waals surface area (Å²) in [4.78, 5) is 12.9. The Morgan fingerprint density at radius 1 is 1.21 bits per heavy atom. The average molecular weight is 401 g/mol. The molecule has 0 amide bonds. The maximum Gasteiger partial charge on any atom is 0.293 e. The van der Waals surface area contributed by atoms with Crippen LogP contribution in [-0.4, -0.2) is 47.3 Å². The van der Waals surface area contributed by atoms with Gasteiger partial charge in [0.15, 0.2) is 15.5 Å². The third-order valence-corrected chi connectivity index (χ3v) is 6.15. The molecule has 0 N–H and O–H groups in total. The molecule has 1 atom stereocenters. The second-order valence-corrected chi connectivity index (χ2v) is 8.97. The summed E-state index contributed by atoms with van der Waals surface area (Å²) < 4.78 is 25.5. The van der Waals surface area contributed by atoms with Crippen molar-refractivity contribution < 1.29 is 13.3 Å². The van der Waals surface area contributed by atoms with Gasteiger partial charge in [-0.25, -0.2) is 8.42 Å². The number of nitrogens with zero attached hydrogens (tertiary/aromatic N) is 5. The molecule has 0 saturated carbocycles. The fraction of sp³-hybridized carbons (Fsp3) is 0.333. The standard InChI is InChI=1S/C18H19N5O4S/c1-28(26,27)14-7-8-15(16(11-14)23(24)25)21-9-4-5-13(12-21)18-20-19-17-6-2-3-10-22(17)18/h2-3,6-8,10-11,13H,4-5,9,12H2,1H3/t13-/m1/s1. The first-order valence-electron chi connectivity index (χ1n) is 8.88. The monoisotopic (exact) mass is 401 g/mol. The summed E-state index contributed by atoms with van der Waals surface area (Å²) in [6.07, 6.45) is 4.70. The highest BCUT2D eigenvalue weighted by atomic mass is 32.2. The molecule has 146 valence electrons. The van der Waals surface area contributed by atoms with E-state index < -0.39 is 14.8 Å². The van der Waals surface area contributed by atoms with E-state index in [1.807, 2.05) is 33.7 Å². The number of hydrogen-bond acceptors (Lipinski definition) is 7. The van der Waals surface area contributed by atoms with Crippen molar-refractivity contribution in [2.45, 2.75) is 23.7 Å². The molecule has 1 fully saturated rings. The van der Waals surface area contributed by atoms with Crippen molar-refractivity contribution in [1.29, 1.82) is 0 Å². The van der Waals surface area contributed by atoms with Crippen LogP contribution in [0.2, 0.25) is 0 Å². The molecule has 0 spiro atoms. The topological polar surface area (TPSA) is 111 Å². The van der Waals surface area contributed by atoms with Gasteiger partial charge in [-0.05, 0) is 37.1 Å². The second-order valence-electron chi connectivity index (χ2n) is 6.95. The quantitative estimate of drug-likeness (QED) is 0.487. The summed E-state index contributed by atoms with van der Waals surface area (Å²) in [6, 6.07) is 9.78. The fourth-order valence-corrected chi connectivity index (χ4v) is 4.33. The lowest BCUT2D eigenvalue weighted by atomic mass is 9.96. The molecule has 28 heavy (non-hydrogen) atoms. The summed E-state index contributed by atoms with van der Waals surface area (Å²) in [7, 11) is -3.52. The highest BCUT2D eigenvalue weighted by molar-refractivity contribution is 7.90. The maximum atomic E-state index is 11.8. The van der Waals surface area contributed by atoms with Gasteiger partial charge in [0.1, 0.15) is 11.5 Å². The van der Waals surface area contributed by atoms with Crippen molar-refractivity contribution in [3.8, 4) is 0 Å². The summed E-state index contributed by atoms with van der Waals surface area (Å²) in [5.41, 5.74) is 0.990. The number of benzene rings is 1.